The zero-order chi connectivity index (χ0) is 14.7. The van der Waals surface area contributed by atoms with Crippen molar-refractivity contribution in [2.24, 2.45) is 0 Å². The summed E-state index contributed by atoms with van der Waals surface area (Å²) in [5.41, 5.74) is 1.36. The molecule has 1 atom stereocenters. The lowest BCUT2D eigenvalue weighted by Crippen LogP contribution is -2.30. The molecular formula is C15H15BrN2O2. The van der Waals surface area contributed by atoms with Crippen LogP contribution in [0.25, 0.3) is 0 Å². The molecule has 1 aromatic carbocycles. The van der Waals surface area contributed by atoms with Gasteiger partial charge in [-0.3, -0.25) is 4.79 Å². The predicted molar refractivity (Wildman–Crippen MR) is 80.6 cm³/mol. The van der Waals surface area contributed by atoms with Crippen LogP contribution in [0, 0.1) is 0 Å². The van der Waals surface area contributed by atoms with E-state index in [1.807, 2.05) is 6.92 Å². The molecule has 4 nitrogen and oxygen atoms in total. The Kier molecular flexibility index (Phi) is 4.39. The van der Waals surface area contributed by atoms with E-state index in [-0.39, 0.29) is 17.7 Å². The third-order valence-corrected chi connectivity index (χ3v) is 3.69. The molecule has 20 heavy (non-hydrogen) atoms. The molecule has 1 heterocycles. The van der Waals surface area contributed by atoms with Crippen LogP contribution in [0.15, 0.2) is 47.1 Å². The molecule has 1 N–H and O–H groups in total. The van der Waals surface area contributed by atoms with Crippen LogP contribution in [0.3, 0.4) is 0 Å². The van der Waals surface area contributed by atoms with Crippen molar-refractivity contribution in [2.75, 3.05) is 7.05 Å². The number of benzene rings is 1. The van der Waals surface area contributed by atoms with Gasteiger partial charge in [-0.25, -0.2) is 4.98 Å². The van der Waals surface area contributed by atoms with Crippen molar-refractivity contribution in [3.63, 3.8) is 0 Å². The van der Waals surface area contributed by atoms with Crippen LogP contribution in [-0.4, -0.2) is 27.9 Å². The molecule has 0 saturated carbocycles. The first-order chi connectivity index (χ1) is 9.49. The van der Waals surface area contributed by atoms with E-state index in [9.17, 15) is 9.90 Å². The third-order valence-electron chi connectivity index (χ3n) is 3.22. The van der Waals surface area contributed by atoms with Crippen LogP contribution < -0.4 is 0 Å². The summed E-state index contributed by atoms with van der Waals surface area (Å²) < 4.78 is 0.836. The second kappa shape index (κ2) is 6.05. The molecule has 0 spiro atoms. The van der Waals surface area contributed by atoms with Crippen LogP contribution in [0.2, 0.25) is 0 Å². The fourth-order valence-corrected chi connectivity index (χ4v) is 2.07. The molecule has 2 aromatic rings. The first-order valence-electron chi connectivity index (χ1n) is 6.16. The van der Waals surface area contributed by atoms with E-state index in [1.165, 1.54) is 0 Å². The van der Waals surface area contributed by atoms with Crippen LogP contribution in [0.5, 0.6) is 5.75 Å². The molecule has 1 unspecified atom stereocenters. The smallest absolute Gasteiger partial charge is 0.272 e. The third kappa shape index (κ3) is 3.17. The minimum Gasteiger partial charge on any atom is -0.508 e. The number of hydrogen-bond donors (Lipinski definition) is 1. The van der Waals surface area contributed by atoms with Crippen molar-refractivity contribution in [3.8, 4) is 5.75 Å². The van der Waals surface area contributed by atoms with E-state index in [1.54, 1.807) is 54.5 Å². The maximum atomic E-state index is 12.3. The first kappa shape index (κ1) is 14.5. The lowest BCUT2D eigenvalue weighted by molar-refractivity contribution is 0.0736. The molecule has 0 saturated heterocycles. The Morgan fingerprint density at radius 1 is 1.25 bits per heavy atom. The van der Waals surface area contributed by atoms with Crippen molar-refractivity contribution in [3.05, 3.63) is 58.3 Å². The number of amides is 1. The van der Waals surface area contributed by atoms with Gasteiger partial charge in [0.05, 0.1) is 6.04 Å². The Morgan fingerprint density at radius 2 is 1.90 bits per heavy atom. The van der Waals surface area contributed by atoms with E-state index in [0.717, 1.165) is 10.0 Å². The highest BCUT2D eigenvalue weighted by molar-refractivity contribution is 9.10. The summed E-state index contributed by atoms with van der Waals surface area (Å²) in [5.74, 6) is 0.0718. The minimum atomic E-state index is -0.141. The number of carbonyl (C=O) groups is 1. The highest BCUT2D eigenvalue weighted by Gasteiger charge is 2.19. The monoisotopic (exact) mass is 334 g/mol. The summed E-state index contributed by atoms with van der Waals surface area (Å²) in [7, 11) is 1.74. The van der Waals surface area contributed by atoms with Crippen LogP contribution in [-0.2, 0) is 0 Å². The quantitative estimate of drug-likeness (QED) is 0.936. The fraction of sp³-hybridized carbons (Fsp3) is 0.200. The molecular weight excluding hydrogens is 320 g/mol. The van der Waals surface area contributed by atoms with Gasteiger partial charge in [-0.1, -0.05) is 12.1 Å². The number of halogens is 1. The summed E-state index contributed by atoms with van der Waals surface area (Å²) in [4.78, 5) is 18.1. The molecule has 0 fully saturated rings. The Labute approximate surface area is 126 Å². The molecule has 104 valence electrons. The van der Waals surface area contributed by atoms with Gasteiger partial charge in [0.2, 0.25) is 0 Å². The number of aromatic nitrogens is 1. The zero-order valence-corrected chi connectivity index (χ0v) is 12.8. The highest BCUT2D eigenvalue weighted by Crippen LogP contribution is 2.22. The van der Waals surface area contributed by atoms with Crippen LogP contribution >= 0.6 is 15.9 Å². The van der Waals surface area contributed by atoms with Gasteiger partial charge in [0.25, 0.3) is 5.91 Å². The summed E-state index contributed by atoms with van der Waals surface area (Å²) in [6, 6.07) is 10.2. The predicted octanol–water partition coefficient (Wildman–Crippen LogP) is 3.38. The molecule has 0 bridgehead atoms. The van der Waals surface area contributed by atoms with Crippen molar-refractivity contribution in [1.82, 2.24) is 9.88 Å². The van der Waals surface area contributed by atoms with Gasteiger partial charge in [0, 0.05) is 17.7 Å². The molecule has 0 aliphatic rings. The van der Waals surface area contributed by atoms with Crippen molar-refractivity contribution in [2.45, 2.75) is 13.0 Å². The van der Waals surface area contributed by atoms with Gasteiger partial charge in [-0.05, 0) is 52.7 Å². The second-order valence-electron chi connectivity index (χ2n) is 4.55. The van der Waals surface area contributed by atoms with Gasteiger partial charge >= 0.3 is 0 Å². The standard InChI is InChI=1S/C15H15BrN2O2/c1-10(11-3-6-13(19)7-4-11)18(2)15(20)14-8-5-12(16)9-17-14/h3-10,19H,1-2H3. The number of nitrogens with zero attached hydrogens (tertiary/aromatic N) is 2. The fourth-order valence-electron chi connectivity index (χ4n) is 1.84. The number of carbonyl (C=O) groups excluding carboxylic acids is 1. The average Bonchev–Trinajstić information content (AvgIpc) is 2.46. The van der Waals surface area contributed by atoms with Gasteiger partial charge in [0.1, 0.15) is 11.4 Å². The Balaban J connectivity index is 2.17. The summed E-state index contributed by atoms with van der Waals surface area (Å²) in [6.07, 6.45) is 1.60. The number of rotatable bonds is 3. The van der Waals surface area contributed by atoms with Crippen molar-refractivity contribution in [1.29, 1.82) is 0 Å². The zero-order valence-electron chi connectivity index (χ0n) is 11.2. The highest BCUT2D eigenvalue weighted by atomic mass is 79.9. The normalized spacial score (nSPS) is 11.9. The largest absolute Gasteiger partial charge is 0.508 e. The Bertz CT molecular complexity index is 596. The van der Waals surface area contributed by atoms with E-state index in [0.29, 0.717) is 5.69 Å². The molecule has 1 amide bonds. The number of pyridine rings is 1. The van der Waals surface area contributed by atoms with Crippen molar-refractivity contribution < 1.29 is 9.90 Å². The number of phenolic OH excluding ortho intramolecular Hbond substituents is 1. The topological polar surface area (TPSA) is 53.4 Å². The Hall–Kier alpha value is -1.88. The van der Waals surface area contributed by atoms with E-state index in [2.05, 4.69) is 20.9 Å². The van der Waals surface area contributed by atoms with Gasteiger partial charge in [-0.2, -0.15) is 0 Å². The molecule has 5 heteroatoms. The lowest BCUT2D eigenvalue weighted by Gasteiger charge is -2.25. The van der Waals surface area contributed by atoms with Crippen LogP contribution in [0.1, 0.15) is 29.0 Å². The molecule has 0 aliphatic heterocycles. The van der Waals surface area contributed by atoms with Gasteiger partial charge in [-0.15, -0.1) is 0 Å². The number of phenols is 1. The van der Waals surface area contributed by atoms with Gasteiger partial charge in [0.15, 0.2) is 0 Å². The Morgan fingerprint density at radius 3 is 2.45 bits per heavy atom. The van der Waals surface area contributed by atoms with E-state index >= 15 is 0 Å². The minimum absolute atomic E-state index is 0.103. The summed E-state index contributed by atoms with van der Waals surface area (Å²) in [6.45, 7) is 1.93. The summed E-state index contributed by atoms with van der Waals surface area (Å²) >= 11 is 3.29. The second-order valence-corrected chi connectivity index (χ2v) is 5.46. The lowest BCUT2D eigenvalue weighted by atomic mass is 10.1. The van der Waals surface area contributed by atoms with Crippen LogP contribution in [0.4, 0.5) is 0 Å². The number of hydrogen-bond acceptors (Lipinski definition) is 3. The van der Waals surface area contributed by atoms with E-state index in [4.69, 9.17) is 0 Å². The molecule has 1 aromatic heterocycles. The maximum absolute atomic E-state index is 12.3. The average molecular weight is 335 g/mol. The number of aromatic hydroxyl groups is 1. The molecule has 2 rings (SSSR count). The molecule has 0 radical (unpaired) electrons. The van der Waals surface area contributed by atoms with E-state index < -0.39 is 0 Å². The summed E-state index contributed by atoms with van der Waals surface area (Å²) in [5, 5.41) is 9.30. The SMILES string of the molecule is CC(c1ccc(O)cc1)N(C)C(=O)c1ccc(Br)cn1. The van der Waals surface area contributed by atoms with Crippen molar-refractivity contribution >= 4 is 21.8 Å². The van der Waals surface area contributed by atoms with Gasteiger partial charge < -0.3 is 10.0 Å². The molecule has 0 aliphatic carbocycles. The maximum Gasteiger partial charge on any atom is 0.272 e. The first-order valence-corrected chi connectivity index (χ1v) is 6.96.